The van der Waals surface area contributed by atoms with E-state index < -0.39 is 94.6 Å². The number of carboxylic acids is 7. The first-order chi connectivity index (χ1) is 70.9. The van der Waals surface area contributed by atoms with Gasteiger partial charge in [-0.05, 0) is 231 Å². The predicted molar refractivity (Wildman–Crippen MR) is 527 cm³/mol. The Labute approximate surface area is 842 Å². The lowest BCUT2D eigenvalue weighted by Gasteiger charge is -2.10. The first kappa shape index (κ1) is 113. The average molecular weight is 2060 g/mol. The van der Waals surface area contributed by atoms with Gasteiger partial charge in [-0.1, -0.05) is 0 Å². The molecule has 14 rings (SSSR count). The molecule has 0 fully saturated rings. The summed E-state index contributed by atoms with van der Waals surface area (Å²) in [5.74, 6) is -16.2. The molecule has 150 heavy (non-hydrogen) atoms. The third-order valence-corrected chi connectivity index (χ3v) is 19.7. The van der Waals surface area contributed by atoms with E-state index in [-0.39, 0.29) is 221 Å². The fourth-order valence-electron chi connectivity index (χ4n) is 12.4. The van der Waals surface area contributed by atoms with Crippen molar-refractivity contribution in [2.24, 2.45) is 0 Å². The lowest BCUT2D eigenvalue weighted by atomic mass is 10.1. The number of carboxylic acid groups (broad SMARTS) is 7. The Morgan fingerprint density at radius 3 is 0.640 bits per heavy atom. The molecule has 774 valence electrons. The summed E-state index contributed by atoms with van der Waals surface area (Å²) in [5.41, 5.74) is -0.816. The minimum atomic E-state index is -1.32. The summed E-state index contributed by atoms with van der Waals surface area (Å²) in [6.07, 6.45) is 0. The van der Waals surface area contributed by atoms with Gasteiger partial charge in [0.2, 0.25) is 0 Å². The summed E-state index contributed by atoms with van der Waals surface area (Å²) >= 11 is 0. The number of amides is 7. The third kappa shape index (κ3) is 31.6. The van der Waals surface area contributed by atoms with E-state index in [4.69, 9.17) is 64.9 Å². The number of phenolic OH excluding ortho intramolecular Hbond substituents is 16. The molecule has 0 saturated heterocycles. The molecule has 48 nitrogen and oxygen atoms in total. The van der Waals surface area contributed by atoms with Crippen molar-refractivity contribution < 1.29 is 204 Å². The molecular weight excluding hydrogens is 1980 g/mol. The first-order valence-electron chi connectivity index (χ1n) is 41.9. The quantitative estimate of drug-likeness (QED) is 0.0187. The molecule has 0 aliphatic heterocycles. The van der Waals surface area contributed by atoms with Gasteiger partial charge in [0.1, 0.15) is 57.5 Å². The molecule has 7 amide bonds. The molecule has 0 aliphatic rings. The zero-order valence-electron chi connectivity index (χ0n) is 77.5. The topological polar surface area (TPSA) is 825 Å². The van der Waals surface area contributed by atoms with E-state index >= 15 is 0 Å². The second-order valence-corrected chi connectivity index (χ2v) is 29.9. The Morgan fingerprint density at radius 1 is 0.160 bits per heavy atom. The predicted octanol–water partition coefficient (Wildman–Crippen LogP) is 13.8. The van der Waals surface area contributed by atoms with Gasteiger partial charge in [-0.15, -0.1) is 0 Å². The number of ether oxygens (including phenoxy) is 4. The number of aromatic carboxylic acids is 7. The van der Waals surface area contributed by atoms with E-state index in [0.29, 0.717) is 0 Å². The molecule has 0 saturated carbocycles. The third-order valence-electron chi connectivity index (χ3n) is 19.7. The lowest BCUT2D eigenvalue weighted by Crippen LogP contribution is -2.14. The number of nitrogens with one attached hydrogen (secondary N) is 7. The van der Waals surface area contributed by atoms with Crippen LogP contribution in [-0.4, -0.2) is 229 Å². The van der Waals surface area contributed by atoms with Crippen LogP contribution in [0.5, 0.6) is 115 Å². The number of aromatic hydroxyl groups is 16. The summed E-state index contributed by atoms with van der Waals surface area (Å²) in [5, 5.41) is 230. The summed E-state index contributed by atoms with van der Waals surface area (Å²) in [4.78, 5) is 162. The maximum atomic E-state index is 12.2. The summed E-state index contributed by atoms with van der Waals surface area (Å²) < 4.78 is 19.6. The first-order valence-corrected chi connectivity index (χ1v) is 41.9. The normalized spacial score (nSPS) is 10.1. The molecule has 0 atom stereocenters. The number of methoxy groups -OCH3 is 4. The molecule has 14 aromatic rings. The number of carbonyl (C=O) groups excluding carboxylic acids is 7. The van der Waals surface area contributed by atoms with Gasteiger partial charge in [-0.25, -0.2) is 33.6 Å². The molecule has 48 heteroatoms. The maximum absolute atomic E-state index is 12.2. The van der Waals surface area contributed by atoms with Crippen molar-refractivity contribution >= 4 is 123 Å². The van der Waals surface area contributed by atoms with Gasteiger partial charge in [-0.2, -0.15) is 0 Å². The number of rotatable bonds is 25. The molecule has 0 unspecified atom stereocenters. The van der Waals surface area contributed by atoms with Gasteiger partial charge in [-0.3, -0.25) is 33.6 Å². The van der Waals surface area contributed by atoms with Crippen LogP contribution in [-0.2, 0) is 0 Å². The molecule has 0 heterocycles. The largest absolute Gasteiger partial charge is 0.508 e. The van der Waals surface area contributed by atoms with E-state index in [1.807, 2.05) is 0 Å². The van der Waals surface area contributed by atoms with Gasteiger partial charge in [0.05, 0.1) is 113 Å². The fourth-order valence-corrected chi connectivity index (χ4v) is 12.4. The highest BCUT2D eigenvalue weighted by Crippen LogP contribution is 2.37. The Kier molecular flexibility index (Phi) is 38.9. The van der Waals surface area contributed by atoms with Gasteiger partial charge >= 0.3 is 41.8 Å². The maximum Gasteiger partial charge on any atom is 0.337 e. The van der Waals surface area contributed by atoms with Crippen LogP contribution in [0.2, 0.25) is 0 Å². The number of carbonyl (C=O) groups is 14. The Hall–Kier alpha value is -22.3. The number of benzene rings is 14. The number of anilines is 7. The zero-order valence-corrected chi connectivity index (χ0v) is 77.5. The lowest BCUT2D eigenvalue weighted by molar-refractivity contribution is 0.0686. The monoisotopic (exact) mass is 2060 g/mol. The standard InChI is InChI=1S/4C15H13NO6.2C14H11NO6.C14H11NO5/c1-22-13-5-2-8(6-12(13)18)14(19)16-11-4-3-9(17)7-10(11)15(20)21;1-22-13-6-8(2-5-12(13)18)14(19)16-11-4-3-9(17)7-10(11)15(20)21;1-22-13-5-2-8(6-12(13)18)14(19)16-11-7-9(17)3-4-10(11)15(20)21;1-22-13-6-8(2-5-12(13)18)14(19)16-11-7-9(17)3-4-10(11)15(20)21;16-8-2-3-9(14(20)21)10(6-8)15-13(19)7-1-4-11(17)12(18)5-7;16-7-2-4-11(10(5-7)14(20)21)15-13(19)9-3-1-8(17)6-12(9)18;16-9-3-1-8(2-4-9)13(18)15-12-7-10(17)5-6-11(12)14(19)20/h4*2-7,17-18H,1H3,(H,16,19)(H,20,21);2*1-6,16-18H,(H,15,19)(H,20,21);1-7,16-17H,(H,15,18)(H,19,20). The average Bonchev–Trinajstić information content (AvgIpc) is 0.895. The van der Waals surface area contributed by atoms with Crippen LogP contribution in [0.25, 0.3) is 0 Å². The van der Waals surface area contributed by atoms with Gasteiger partial charge in [0, 0.05) is 63.7 Å². The van der Waals surface area contributed by atoms with Crippen LogP contribution in [0.4, 0.5) is 39.8 Å². The Morgan fingerprint density at radius 2 is 0.373 bits per heavy atom. The molecule has 14 aromatic carbocycles. The van der Waals surface area contributed by atoms with Crippen LogP contribution >= 0.6 is 0 Å². The Balaban J connectivity index is 0.000000213. The van der Waals surface area contributed by atoms with Crippen molar-refractivity contribution in [2.45, 2.75) is 0 Å². The highest BCUT2D eigenvalue weighted by atomic mass is 16.5. The smallest absolute Gasteiger partial charge is 0.337 e. The van der Waals surface area contributed by atoms with Crippen molar-refractivity contribution in [1.29, 1.82) is 0 Å². The highest BCUT2D eigenvalue weighted by molar-refractivity contribution is 6.14. The van der Waals surface area contributed by atoms with Crippen LogP contribution in [0, 0.1) is 0 Å². The molecule has 0 aromatic heterocycles. The van der Waals surface area contributed by atoms with Crippen molar-refractivity contribution in [3.63, 3.8) is 0 Å². The summed E-state index contributed by atoms with van der Waals surface area (Å²) in [6, 6.07) is 53.0. The van der Waals surface area contributed by atoms with Crippen LogP contribution < -0.4 is 56.2 Å². The molecule has 0 bridgehead atoms. The Bertz CT molecular complexity index is 7540. The molecule has 0 aliphatic carbocycles. The van der Waals surface area contributed by atoms with Gasteiger partial charge in [0.15, 0.2) is 57.5 Å². The van der Waals surface area contributed by atoms with Gasteiger partial charge in [0.25, 0.3) is 41.4 Å². The number of hydrogen-bond acceptors (Lipinski definition) is 34. The van der Waals surface area contributed by atoms with E-state index in [1.54, 1.807) is 0 Å². The SMILES string of the molecule is COc1cc(C(=O)Nc2cc(O)ccc2C(=O)O)ccc1O.COc1cc(C(=O)Nc2ccc(O)cc2C(=O)O)ccc1O.COc1ccc(C(=O)Nc2cc(O)ccc2C(=O)O)cc1O.COc1ccc(C(=O)Nc2ccc(O)cc2C(=O)O)cc1O.O=C(Nc1cc(O)ccc1C(=O)O)c1ccc(O)c(O)c1.O=C(Nc1cc(O)ccc1C(=O)O)c1ccc(O)cc1.O=C(Nc1ccc(O)cc1C(=O)O)c1ccc(O)cc1O. The van der Waals surface area contributed by atoms with Crippen LogP contribution in [0.15, 0.2) is 261 Å². The van der Waals surface area contributed by atoms with E-state index in [9.17, 15) is 139 Å². The van der Waals surface area contributed by atoms with Crippen molar-refractivity contribution in [2.75, 3.05) is 65.7 Å². The van der Waals surface area contributed by atoms with Crippen molar-refractivity contribution in [3.05, 3.63) is 339 Å². The zero-order chi connectivity index (χ0) is 111. The highest BCUT2D eigenvalue weighted by Gasteiger charge is 2.25. The van der Waals surface area contributed by atoms with Crippen molar-refractivity contribution in [3.8, 4) is 115 Å². The molecular formula is C102H85N7O41. The minimum Gasteiger partial charge on any atom is -0.508 e. The summed E-state index contributed by atoms with van der Waals surface area (Å²) in [7, 11) is 5.44. The summed E-state index contributed by atoms with van der Waals surface area (Å²) in [6.45, 7) is 0. The van der Waals surface area contributed by atoms with Crippen molar-refractivity contribution in [1.82, 2.24) is 0 Å². The fraction of sp³-hybridized carbons (Fsp3) is 0.0392. The van der Waals surface area contributed by atoms with Gasteiger partial charge < -0.3 is 174 Å². The second-order valence-electron chi connectivity index (χ2n) is 29.9. The number of hydrogen-bond donors (Lipinski definition) is 30. The van der Waals surface area contributed by atoms with E-state index in [1.165, 1.54) is 223 Å². The van der Waals surface area contributed by atoms with Crippen LogP contribution in [0.3, 0.4) is 0 Å². The van der Waals surface area contributed by atoms with Crippen LogP contribution in [0.1, 0.15) is 145 Å². The minimum absolute atomic E-state index is 0.00410. The molecule has 30 N–H and O–H groups in total. The van der Waals surface area contributed by atoms with E-state index in [0.717, 1.165) is 66.7 Å². The second kappa shape index (κ2) is 51.7. The number of phenols is 16. The van der Waals surface area contributed by atoms with E-state index in [2.05, 4.69) is 37.2 Å². The molecule has 0 radical (unpaired) electrons. The molecule has 0 spiro atoms.